The molecule has 1 unspecified atom stereocenters. The van der Waals surface area contributed by atoms with Crippen LogP contribution in [0.25, 0.3) is 0 Å². The van der Waals surface area contributed by atoms with Crippen molar-refractivity contribution in [2.24, 2.45) is 0 Å². The third kappa shape index (κ3) is 3.07. The molecule has 6 nitrogen and oxygen atoms in total. The van der Waals surface area contributed by atoms with Gasteiger partial charge in [-0.3, -0.25) is 4.79 Å². The molecule has 4 N–H and O–H groups in total. The molecule has 0 radical (unpaired) electrons. The number of nitrogens with two attached hydrogens (primary N) is 1. The number of rotatable bonds is 3. The Morgan fingerprint density at radius 3 is 2.75 bits per heavy atom. The highest BCUT2D eigenvalue weighted by Gasteiger charge is 2.26. The molecule has 1 heterocycles. The van der Waals surface area contributed by atoms with Crippen LogP contribution in [0.4, 0.5) is 10.1 Å². The zero-order chi connectivity index (χ0) is 14.9. The van der Waals surface area contributed by atoms with Crippen LogP contribution in [0.3, 0.4) is 0 Å². The number of hydrogen-bond donors (Lipinski definition) is 3. The number of carbonyl (C=O) groups is 1. The van der Waals surface area contributed by atoms with E-state index in [1.807, 2.05) is 0 Å². The summed E-state index contributed by atoms with van der Waals surface area (Å²) in [6, 6.07) is 1.90. The summed E-state index contributed by atoms with van der Waals surface area (Å²) in [4.78, 5) is 10.9. The van der Waals surface area contributed by atoms with Gasteiger partial charge in [0.2, 0.25) is 15.9 Å². The Kier molecular flexibility index (Phi) is 3.96. The van der Waals surface area contributed by atoms with Gasteiger partial charge in [-0.05, 0) is 25.5 Å². The second-order valence-electron chi connectivity index (χ2n) is 4.79. The molecule has 0 bridgehead atoms. The summed E-state index contributed by atoms with van der Waals surface area (Å²) < 4.78 is 40.6. The Labute approximate surface area is 116 Å². The number of carbonyl (C=O) groups excluding carboxylic acids is 1. The molecule has 0 saturated carbocycles. The summed E-state index contributed by atoms with van der Waals surface area (Å²) in [5, 5.41) is 2.58. The first-order valence-electron chi connectivity index (χ1n) is 6.14. The van der Waals surface area contributed by atoms with Crippen LogP contribution >= 0.6 is 0 Å². The maximum Gasteiger partial charge on any atom is 0.241 e. The molecule has 1 aliphatic rings. The maximum atomic E-state index is 13.6. The van der Waals surface area contributed by atoms with E-state index in [0.29, 0.717) is 6.42 Å². The van der Waals surface area contributed by atoms with Crippen molar-refractivity contribution in [3.05, 3.63) is 23.5 Å². The van der Waals surface area contributed by atoms with E-state index in [1.165, 1.54) is 13.0 Å². The van der Waals surface area contributed by atoms with Crippen molar-refractivity contribution in [1.82, 2.24) is 10.0 Å². The normalized spacial score (nSPS) is 19.7. The van der Waals surface area contributed by atoms with Gasteiger partial charge in [0.25, 0.3) is 0 Å². The molecule has 0 spiro atoms. The summed E-state index contributed by atoms with van der Waals surface area (Å²) in [5.41, 5.74) is 5.55. The van der Waals surface area contributed by atoms with Crippen LogP contribution in [0, 0.1) is 12.7 Å². The van der Waals surface area contributed by atoms with Crippen molar-refractivity contribution in [2.45, 2.75) is 30.7 Å². The Bertz CT molecular complexity index is 636. The number of halogens is 1. The lowest BCUT2D eigenvalue weighted by atomic mass is 10.1. The highest BCUT2D eigenvalue weighted by Crippen LogP contribution is 2.22. The van der Waals surface area contributed by atoms with Crippen LogP contribution in [0.2, 0.25) is 0 Å². The van der Waals surface area contributed by atoms with E-state index in [1.54, 1.807) is 0 Å². The number of sulfonamides is 1. The van der Waals surface area contributed by atoms with Gasteiger partial charge in [-0.2, -0.15) is 0 Å². The lowest BCUT2D eigenvalue weighted by Gasteiger charge is -2.23. The number of piperidine rings is 1. The zero-order valence-electron chi connectivity index (χ0n) is 10.9. The Hall–Kier alpha value is -1.67. The van der Waals surface area contributed by atoms with Gasteiger partial charge in [-0.25, -0.2) is 17.5 Å². The standard InChI is InChI=1S/C12H16FN3O3S/c1-7-10(13)4-8(14)5-11(7)20(18,19)16-9-2-3-12(17)15-6-9/h4-5,9,16H,2-3,6,14H2,1H3,(H,15,17). The third-order valence-corrected chi connectivity index (χ3v) is 4.84. The summed E-state index contributed by atoms with van der Waals surface area (Å²) in [5.74, 6) is -0.769. The van der Waals surface area contributed by atoms with E-state index in [9.17, 15) is 17.6 Å². The SMILES string of the molecule is Cc1c(F)cc(N)cc1S(=O)(=O)NC1CCC(=O)NC1. The summed E-state index contributed by atoms with van der Waals surface area (Å²) in [6.07, 6.45) is 0.673. The minimum Gasteiger partial charge on any atom is -0.399 e. The molecule has 20 heavy (non-hydrogen) atoms. The van der Waals surface area contributed by atoms with Crippen LogP contribution in [-0.2, 0) is 14.8 Å². The second-order valence-corrected chi connectivity index (χ2v) is 6.47. The zero-order valence-corrected chi connectivity index (χ0v) is 11.8. The maximum absolute atomic E-state index is 13.6. The Balaban J connectivity index is 2.25. The summed E-state index contributed by atoms with van der Waals surface area (Å²) in [7, 11) is -3.87. The minimum absolute atomic E-state index is 0.0199. The van der Waals surface area contributed by atoms with Gasteiger partial charge in [0.15, 0.2) is 0 Å². The highest BCUT2D eigenvalue weighted by molar-refractivity contribution is 7.89. The van der Waals surface area contributed by atoms with E-state index in [0.717, 1.165) is 6.07 Å². The highest BCUT2D eigenvalue weighted by atomic mass is 32.2. The van der Waals surface area contributed by atoms with Gasteiger partial charge in [-0.1, -0.05) is 0 Å². The Morgan fingerprint density at radius 1 is 1.45 bits per heavy atom. The van der Waals surface area contributed by atoms with E-state index < -0.39 is 21.9 Å². The molecule has 1 fully saturated rings. The minimum atomic E-state index is -3.87. The van der Waals surface area contributed by atoms with E-state index in [2.05, 4.69) is 10.0 Å². The van der Waals surface area contributed by atoms with Gasteiger partial charge >= 0.3 is 0 Å². The fourth-order valence-corrected chi connectivity index (χ4v) is 3.63. The van der Waals surface area contributed by atoms with Gasteiger partial charge in [0, 0.05) is 30.3 Å². The molecule has 8 heteroatoms. The van der Waals surface area contributed by atoms with Crippen molar-refractivity contribution in [3.8, 4) is 0 Å². The summed E-state index contributed by atoms with van der Waals surface area (Å²) in [6.45, 7) is 1.61. The first-order chi connectivity index (χ1) is 9.29. The molecule has 1 atom stereocenters. The molecule has 0 aromatic heterocycles. The van der Waals surface area contributed by atoms with Gasteiger partial charge in [0.05, 0.1) is 4.90 Å². The van der Waals surface area contributed by atoms with Crippen LogP contribution in [0.5, 0.6) is 0 Å². The van der Waals surface area contributed by atoms with E-state index in [4.69, 9.17) is 5.73 Å². The van der Waals surface area contributed by atoms with Gasteiger partial charge in [-0.15, -0.1) is 0 Å². The number of hydrogen-bond acceptors (Lipinski definition) is 4. The van der Waals surface area contributed by atoms with Crippen molar-refractivity contribution < 1.29 is 17.6 Å². The average molecular weight is 301 g/mol. The van der Waals surface area contributed by atoms with E-state index >= 15 is 0 Å². The van der Waals surface area contributed by atoms with Crippen LogP contribution in [0.1, 0.15) is 18.4 Å². The second kappa shape index (κ2) is 5.37. The average Bonchev–Trinajstić information content (AvgIpc) is 2.36. The van der Waals surface area contributed by atoms with Crippen LogP contribution in [-0.4, -0.2) is 26.9 Å². The number of anilines is 1. The fourth-order valence-electron chi connectivity index (χ4n) is 2.07. The molecule has 1 saturated heterocycles. The predicted octanol–water partition coefficient (Wildman–Crippen LogP) is 0.273. The molecule has 1 aromatic carbocycles. The molecule has 110 valence electrons. The topological polar surface area (TPSA) is 101 Å². The number of amides is 1. The molecule has 0 aliphatic carbocycles. The first-order valence-corrected chi connectivity index (χ1v) is 7.62. The quantitative estimate of drug-likeness (QED) is 0.698. The number of nitrogens with one attached hydrogen (secondary N) is 2. The predicted molar refractivity (Wildman–Crippen MR) is 71.9 cm³/mol. The number of nitrogen functional groups attached to an aromatic ring is 1. The first kappa shape index (κ1) is 14.7. The smallest absolute Gasteiger partial charge is 0.241 e. The molecule has 1 amide bonds. The van der Waals surface area contributed by atoms with Crippen molar-refractivity contribution in [2.75, 3.05) is 12.3 Å². The molecular weight excluding hydrogens is 285 g/mol. The Morgan fingerprint density at radius 2 is 2.15 bits per heavy atom. The van der Waals surface area contributed by atoms with Crippen LogP contribution < -0.4 is 15.8 Å². The molecule has 1 aliphatic heterocycles. The van der Waals surface area contributed by atoms with Gasteiger partial charge in [0.1, 0.15) is 5.82 Å². The lowest BCUT2D eigenvalue weighted by molar-refractivity contribution is -0.122. The van der Waals surface area contributed by atoms with Crippen molar-refractivity contribution in [3.63, 3.8) is 0 Å². The van der Waals surface area contributed by atoms with E-state index in [-0.39, 0.29) is 35.0 Å². The van der Waals surface area contributed by atoms with Crippen LogP contribution in [0.15, 0.2) is 17.0 Å². The lowest BCUT2D eigenvalue weighted by Crippen LogP contribution is -2.47. The van der Waals surface area contributed by atoms with Crippen molar-refractivity contribution in [1.29, 1.82) is 0 Å². The molecule has 2 rings (SSSR count). The number of benzene rings is 1. The largest absolute Gasteiger partial charge is 0.399 e. The van der Waals surface area contributed by atoms with Gasteiger partial charge < -0.3 is 11.1 Å². The van der Waals surface area contributed by atoms with Crippen molar-refractivity contribution >= 4 is 21.6 Å². The monoisotopic (exact) mass is 301 g/mol. The molecule has 1 aromatic rings. The summed E-state index contributed by atoms with van der Waals surface area (Å²) >= 11 is 0. The molecular formula is C12H16FN3O3S. The third-order valence-electron chi connectivity index (χ3n) is 3.20. The fraction of sp³-hybridized carbons (Fsp3) is 0.417.